The molecule has 94 valence electrons. The number of fused-ring (bicyclic) bond motifs is 3. The standard InChI is InChI=1S/C14H16N2O2/c1-3-18-9-4-5-12-10(7-9)11-6-8(2)15-14(17)13(11)16-12/h4-5,7-8,16H,3,6H2,1-2H3,(H,15,17). The van der Waals surface area contributed by atoms with E-state index < -0.39 is 0 Å². The summed E-state index contributed by atoms with van der Waals surface area (Å²) in [5.74, 6) is 0.836. The molecule has 0 saturated heterocycles. The molecule has 1 aliphatic rings. The molecule has 1 atom stereocenters. The van der Waals surface area contributed by atoms with Gasteiger partial charge in [-0.2, -0.15) is 0 Å². The van der Waals surface area contributed by atoms with Gasteiger partial charge >= 0.3 is 0 Å². The molecule has 18 heavy (non-hydrogen) atoms. The van der Waals surface area contributed by atoms with Crippen LogP contribution in [0.5, 0.6) is 5.75 Å². The molecule has 0 fully saturated rings. The van der Waals surface area contributed by atoms with Gasteiger partial charge in [-0.3, -0.25) is 4.79 Å². The van der Waals surface area contributed by atoms with Crippen LogP contribution in [0, 0.1) is 0 Å². The Kier molecular flexibility index (Phi) is 2.51. The van der Waals surface area contributed by atoms with Crippen molar-refractivity contribution < 1.29 is 9.53 Å². The number of carbonyl (C=O) groups is 1. The van der Waals surface area contributed by atoms with Crippen LogP contribution in [0.15, 0.2) is 18.2 Å². The number of hydrogen-bond donors (Lipinski definition) is 2. The maximum absolute atomic E-state index is 11.9. The van der Waals surface area contributed by atoms with Crippen molar-refractivity contribution in [3.63, 3.8) is 0 Å². The Morgan fingerprint density at radius 1 is 1.44 bits per heavy atom. The van der Waals surface area contributed by atoms with Crippen LogP contribution in [0.25, 0.3) is 10.9 Å². The number of carbonyl (C=O) groups excluding carboxylic acids is 1. The van der Waals surface area contributed by atoms with Crippen molar-refractivity contribution in [3.8, 4) is 5.75 Å². The number of benzene rings is 1. The van der Waals surface area contributed by atoms with Crippen molar-refractivity contribution in [1.82, 2.24) is 10.3 Å². The largest absolute Gasteiger partial charge is 0.494 e. The minimum atomic E-state index is -0.0158. The number of aromatic amines is 1. The third-order valence-electron chi connectivity index (χ3n) is 3.30. The monoisotopic (exact) mass is 244 g/mol. The molecular weight excluding hydrogens is 228 g/mol. The first-order chi connectivity index (χ1) is 8.69. The first kappa shape index (κ1) is 11.1. The number of aromatic nitrogens is 1. The molecule has 0 spiro atoms. The van der Waals surface area contributed by atoms with Crippen molar-refractivity contribution in [3.05, 3.63) is 29.5 Å². The third-order valence-corrected chi connectivity index (χ3v) is 3.30. The van der Waals surface area contributed by atoms with E-state index in [1.54, 1.807) is 0 Å². The second-order valence-corrected chi connectivity index (χ2v) is 4.70. The predicted molar refractivity (Wildman–Crippen MR) is 70.1 cm³/mol. The van der Waals surface area contributed by atoms with E-state index in [0.717, 1.165) is 28.6 Å². The Labute approximate surface area is 105 Å². The van der Waals surface area contributed by atoms with Crippen molar-refractivity contribution in [2.24, 2.45) is 0 Å². The SMILES string of the molecule is CCOc1ccc2[nH]c3c(c2c1)CC(C)NC3=O. The number of rotatable bonds is 2. The summed E-state index contributed by atoms with van der Waals surface area (Å²) in [4.78, 5) is 15.1. The van der Waals surface area contributed by atoms with E-state index in [1.807, 2.05) is 32.0 Å². The van der Waals surface area contributed by atoms with Crippen molar-refractivity contribution >= 4 is 16.8 Å². The normalized spacial score (nSPS) is 18.6. The van der Waals surface area contributed by atoms with E-state index in [-0.39, 0.29) is 11.9 Å². The Morgan fingerprint density at radius 2 is 2.28 bits per heavy atom. The molecule has 1 aliphatic heterocycles. The molecule has 1 aromatic carbocycles. The van der Waals surface area contributed by atoms with Gasteiger partial charge in [0.25, 0.3) is 5.91 Å². The van der Waals surface area contributed by atoms with Gasteiger partial charge in [-0.1, -0.05) is 0 Å². The zero-order chi connectivity index (χ0) is 12.7. The summed E-state index contributed by atoms with van der Waals surface area (Å²) >= 11 is 0. The first-order valence-corrected chi connectivity index (χ1v) is 6.27. The molecule has 0 bridgehead atoms. The fourth-order valence-electron chi connectivity index (χ4n) is 2.54. The predicted octanol–water partition coefficient (Wildman–Crippen LogP) is 2.24. The highest BCUT2D eigenvalue weighted by Crippen LogP contribution is 2.29. The first-order valence-electron chi connectivity index (χ1n) is 6.27. The maximum atomic E-state index is 11.9. The number of H-pyrrole nitrogens is 1. The molecule has 3 rings (SSSR count). The molecule has 2 N–H and O–H groups in total. The summed E-state index contributed by atoms with van der Waals surface area (Å²) in [5.41, 5.74) is 2.78. The molecule has 4 heteroatoms. The van der Waals surface area contributed by atoms with E-state index in [2.05, 4.69) is 10.3 Å². The summed E-state index contributed by atoms with van der Waals surface area (Å²) in [6.07, 6.45) is 0.858. The highest BCUT2D eigenvalue weighted by atomic mass is 16.5. The molecule has 2 aromatic rings. The average Bonchev–Trinajstić information content (AvgIpc) is 2.68. The average molecular weight is 244 g/mol. The number of amides is 1. The summed E-state index contributed by atoms with van der Waals surface area (Å²) in [6.45, 7) is 4.63. The minimum Gasteiger partial charge on any atom is -0.494 e. The number of hydrogen-bond acceptors (Lipinski definition) is 2. The lowest BCUT2D eigenvalue weighted by Gasteiger charge is -2.19. The highest BCUT2D eigenvalue weighted by Gasteiger charge is 2.25. The highest BCUT2D eigenvalue weighted by molar-refractivity contribution is 6.02. The molecule has 1 aromatic heterocycles. The van der Waals surface area contributed by atoms with Crippen molar-refractivity contribution in [2.75, 3.05) is 6.61 Å². The minimum absolute atomic E-state index is 0.0158. The molecule has 4 nitrogen and oxygen atoms in total. The Morgan fingerprint density at radius 3 is 3.06 bits per heavy atom. The number of nitrogens with one attached hydrogen (secondary N) is 2. The lowest BCUT2D eigenvalue weighted by molar-refractivity contribution is 0.0925. The van der Waals surface area contributed by atoms with Crippen LogP contribution < -0.4 is 10.1 Å². The van der Waals surface area contributed by atoms with E-state index in [9.17, 15) is 4.79 Å². The summed E-state index contributed by atoms with van der Waals surface area (Å²) < 4.78 is 5.51. The van der Waals surface area contributed by atoms with Crippen LogP contribution in [-0.2, 0) is 6.42 Å². The van der Waals surface area contributed by atoms with E-state index in [1.165, 1.54) is 0 Å². The number of ether oxygens (including phenoxy) is 1. The van der Waals surface area contributed by atoms with Gasteiger partial charge in [-0.25, -0.2) is 0 Å². The van der Waals surface area contributed by atoms with Crippen LogP contribution in [-0.4, -0.2) is 23.5 Å². The van der Waals surface area contributed by atoms with Gasteiger partial charge in [0, 0.05) is 16.9 Å². The van der Waals surface area contributed by atoms with E-state index in [4.69, 9.17) is 4.74 Å². The van der Waals surface area contributed by atoms with Crippen molar-refractivity contribution in [2.45, 2.75) is 26.3 Å². The zero-order valence-electron chi connectivity index (χ0n) is 10.5. The Hall–Kier alpha value is -1.97. The fourth-order valence-corrected chi connectivity index (χ4v) is 2.54. The Bertz CT molecular complexity index is 616. The lowest BCUT2D eigenvalue weighted by Crippen LogP contribution is -2.39. The molecule has 1 unspecified atom stereocenters. The van der Waals surface area contributed by atoms with Crippen LogP contribution in [0.3, 0.4) is 0 Å². The molecule has 2 heterocycles. The van der Waals surface area contributed by atoms with E-state index >= 15 is 0 Å². The lowest BCUT2D eigenvalue weighted by atomic mass is 9.99. The molecule has 1 amide bonds. The van der Waals surface area contributed by atoms with Gasteiger partial charge in [-0.05, 0) is 44.0 Å². The quantitative estimate of drug-likeness (QED) is 0.851. The van der Waals surface area contributed by atoms with Crippen LogP contribution in [0.1, 0.15) is 29.9 Å². The van der Waals surface area contributed by atoms with Crippen LogP contribution >= 0.6 is 0 Å². The smallest absolute Gasteiger partial charge is 0.268 e. The van der Waals surface area contributed by atoms with Gasteiger partial charge in [0.05, 0.1) is 6.61 Å². The van der Waals surface area contributed by atoms with Crippen LogP contribution in [0.2, 0.25) is 0 Å². The topological polar surface area (TPSA) is 54.1 Å². The van der Waals surface area contributed by atoms with Gasteiger partial charge in [0.15, 0.2) is 0 Å². The fraction of sp³-hybridized carbons (Fsp3) is 0.357. The Balaban J connectivity index is 2.17. The van der Waals surface area contributed by atoms with Gasteiger partial charge < -0.3 is 15.0 Å². The second-order valence-electron chi connectivity index (χ2n) is 4.70. The van der Waals surface area contributed by atoms with E-state index in [0.29, 0.717) is 12.3 Å². The third kappa shape index (κ3) is 1.65. The second kappa shape index (κ2) is 4.05. The van der Waals surface area contributed by atoms with Crippen molar-refractivity contribution in [1.29, 1.82) is 0 Å². The van der Waals surface area contributed by atoms with Gasteiger partial charge in [0.2, 0.25) is 0 Å². The maximum Gasteiger partial charge on any atom is 0.268 e. The summed E-state index contributed by atoms with van der Waals surface area (Å²) in [7, 11) is 0. The molecule has 0 saturated carbocycles. The van der Waals surface area contributed by atoms with Crippen LogP contribution in [0.4, 0.5) is 0 Å². The summed E-state index contributed by atoms with van der Waals surface area (Å²) in [6, 6.07) is 6.09. The zero-order valence-corrected chi connectivity index (χ0v) is 10.5. The molecule has 0 radical (unpaired) electrons. The molecule has 0 aliphatic carbocycles. The van der Waals surface area contributed by atoms with Gasteiger partial charge in [0.1, 0.15) is 11.4 Å². The van der Waals surface area contributed by atoms with Gasteiger partial charge in [-0.15, -0.1) is 0 Å². The molecular formula is C14H16N2O2. The summed E-state index contributed by atoms with van der Waals surface area (Å²) in [5, 5.41) is 4.03.